The molecule has 0 atom stereocenters. The smallest absolute Gasteiger partial charge is 0.264 e. The van der Waals surface area contributed by atoms with Crippen molar-refractivity contribution in [3.05, 3.63) is 101 Å². The molecule has 0 bridgehead atoms. The molecule has 0 spiro atoms. The molecule has 3 aromatic carbocycles. The van der Waals surface area contributed by atoms with Gasteiger partial charge in [0.25, 0.3) is 5.82 Å². The van der Waals surface area contributed by atoms with Crippen LogP contribution < -0.4 is 4.57 Å². The molecule has 3 heteroatoms. The topological polar surface area (TPSA) is 21.7 Å². The molecule has 182 valence electrons. The quantitative estimate of drug-likeness (QED) is 0.236. The van der Waals surface area contributed by atoms with Crippen LogP contribution in [0.4, 0.5) is 0 Å². The lowest BCUT2D eigenvalue weighted by molar-refractivity contribution is -0.557. The third kappa shape index (κ3) is 3.93. The van der Waals surface area contributed by atoms with Crippen LogP contribution in [-0.4, -0.2) is 9.55 Å². The van der Waals surface area contributed by atoms with Crippen LogP contribution in [0.5, 0.6) is 0 Å². The summed E-state index contributed by atoms with van der Waals surface area (Å²) >= 11 is 0. The Balaban J connectivity index is 1.97. The lowest BCUT2D eigenvalue weighted by Crippen LogP contribution is -2.37. The van der Waals surface area contributed by atoms with Gasteiger partial charge in [-0.05, 0) is 66.6 Å². The Morgan fingerprint density at radius 1 is 0.750 bits per heavy atom. The average molecular weight is 475 g/mol. The van der Waals surface area contributed by atoms with E-state index in [1.807, 2.05) is 12.4 Å². The molecule has 0 aliphatic rings. The first-order valence-corrected chi connectivity index (χ1v) is 12.9. The summed E-state index contributed by atoms with van der Waals surface area (Å²) in [5.41, 5.74) is 12.7. The molecule has 0 unspecified atom stereocenters. The van der Waals surface area contributed by atoms with Gasteiger partial charge in [-0.1, -0.05) is 70.2 Å². The van der Waals surface area contributed by atoms with Crippen molar-refractivity contribution in [2.45, 2.75) is 53.4 Å². The summed E-state index contributed by atoms with van der Waals surface area (Å²) in [5, 5.41) is 0. The zero-order valence-electron chi connectivity index (χ0n) is 22.5. The first-order chi connectivity index (χ1) is 17.3. The standard InChI is InChI=1S/C33H36N3/c1-21(2)27-18-26(25-13-9-8-10-14-25)19-28(22(3)4)32(27)36-31-24(6)12-11-15-30(31)35(7)33(36)29-20-34-17-16-23(29)5/h8-22H,1-7H3/q+1. The van der Waals surface area contributed by atoms with Crippen molar-refractivity contribution in [2.24, 2.45) is 7.05 Å². The first-order valence-electron chi connectivity index (χ1n) is 12.9. The maximum atomic E-state index is 4.53. The van der Waals surface area contributed by atoms with E-state index in [0.29, 0.717) is 11.8 Å². The maximum absolute atomic E-state index is 4.53. The van der Waals surface area contributed by atoms with Crippen molar-refractivity contribution in [1.29, 1.82) is 0 Å². The van der Waals surface area contributed by atoms with E-state index >= 15 is 0 Å². The third-order valence-electron chi connectivity index (χ3n) is 7.35. The summed E-state index contributed by atoms with van der Waals surface area (Å²) in [7, 11) is 2.18. The van der Waals surface area contributed by atoms with Gasteiger partial charge in [-0.15, -0.1) is 0 Å². The Morgan fingerprint density at radius 3 is 2.03 bits per heavy atom. The molecule has 3 nitrogen and oxygen atoms in total. The van der Waals surface area contributed by atoms with E-state index in [4.69, 9.17) is 0 Å². The Kier molecular flexibility index (Phi) is 6.26. The monoisotopic (exact) mass is 474 g/mol. The van der Waals surface area contributed by atoms with Crippen LogP contribution in [0.15, 0.2) is 79.1 Å². The fourth-order valence-electron chi connectivity index (χ4n) is 5.41. The molecule has 36 heavy (non-hydrogen) atoms. The lowest BCUT2D eigenvalue weighted by atomic mass is 9.88. The van der Waals surface area contributed by atoms with Crippen molar-refractivity contribution in [1.82, 2.24) is 9.55 Å². The van der Waals surface area contributed by atoms with E-state index in [2.05, 4.69) is 129 Å². The van der Waals surface area contributed by atoms with Gasteiger partial charge in [-0.2, -0.15) is 4.57 Å². The molecule has 0 aliphatic carbocycles. The number of hydrogen-bond acceptors (Lipinski definition) is 1. The molecule has 0 aliphatic heterocycles. The predicted molar refractivity (Wildman–Crippen MR) is 151 cm³/mol. The van der Waals surface area contributed by atoms with Gasteiger partial charge in [0, 0.05) is 29.1 Å². The highest BCUT2D eigenvalue weighted by atomic mass is 15.2. The Hall–Kier alpha value is -3.72. The zero-order valence-corrected chi connectivity index (χ0v) is 22.5. The van der Waals surface area contributed by atoms with Crippen LogP contribution in [0.3, 0.4) is 0 Å². The summed E-state index contributed by atoms with van der Waals surface area (Å²) in [5.74, 6) is 1.88. The number of hydrogen-bond donors (Lipinski definition) is 0. The molecule has 0 amide bonds. The molecular weight excluding hydrogens is 438 g/mol. The fourth-order valence-corrected chi connectivity index (χ4v) is 5.41. The van der Waals surface area contributed by atoms with Crippen LogP contribution in [-0.2, 0) is 7.05 Å². The van der Waals surface area contributed by atoms with E-state index in [0.717, 1.165) is 5.56 Å². The largest absolute Gasteiger partial charge is 0.296 e. The second-order valence-corrected chi connectivity index (χ2v) is 10.5. The lowest BCUT2D eigenvalue weighted by Gasteiger charge is -2.21. The highest BCUT2D eigenvalue weighted by molar-refractivity contribution is 5.81. The van der Waals surface area contributed by atoms with E-state index in [-0.39, 0.29) is 0 Å². The number of imidazole rings is 1. The van der Waals surface area contributed by atoms with Crippen molar-refractivity contribution < 1.29 is 4.57 Å². The van der Waals surface area contributed by atoms with Crippen molar-refractivity contribution in [3.8, 4) is 28.2 Å². The third-order valence-corrected chi connectivity index (χ3v) is 7.35. The van der Waals surface area contributed by atoms with Crippen molar-refractivity contribution >= 4 is 11.0 Å². The highest BCUT2D eigenvalue weighted by Crippen LogP contribution is 2.37. The molecule has 5 rings (SSSR count). The number of pyridine rings is 1. The van der Waals surface area contributed by atoms with Crippen LogP contribution in [0.2, 0.25) is 0 Å². The molecule has 2 heterocycles. The van der Waals surface area contributed by atoms with Gasteiger partial charge in [-0.25, -0.2) is 4.57 Å². The summed E-state index contributed by atoms with van der Waals surface area (Å²) in [4.78, 5) is 4.53. The number of benzene rings is 3. The van der Waals surface area contributed by atoms with Crippen LogP contribution >= 0.6 is 0 Å². The highest BCUT2D eigenvalue weighted by Gasteiger charge is 2.32. The molecule has 0 saturated heterocycles. The normalized spacial score (nSPS) is 11.7. The van der Waals surface area contributed by atoms with Gasteiger partial charge in [0.1, 0.15) is 5.69 Å². The summed E-state index contributed by atoms with van der Waals surface area (Å²) in [6.07, 6.45) is 3.89. The predicted octanol–water partition coefficient (Wildman–Crippen LogP) is 8.05. The van der Waals surface area contributed by atoms with Gasteiger partial charge in [0.15, 0.2) is 11.0 Å². The molecule has 0 radical (unpaired) electrons. The van der Waals surface area contributed by atoms with Crippen molar-refractivity contribution in [3.63, 3.8) is 0 Å². The number of nitrogens with zero attached hydrogens (tertiary/aromatic N) is 3. The summed E-state index contributed by atoms with van der Waals surface area (Å²) in [6.45, 7) is 13.6. The zero-order chi connectivity index (χ0) is 25.6. The first kappa shape index (κ1) is 24.0. The van der Waals surface area contributed by atoms with Crippen LogP contribution in [0.25, 0.3) is 39.2 Å². The number of rotatable bonds is 5. The minimum absolute atomic E-state index is 0.357. The number of aryl methyl sites for hydroxylation is 3. The van der Waals surface area contributed by atoms with Crippen molar-refractivity contribution in [2.75, 3.05) is 0 Å². The molecule has 2 aromatic heterocycles. The van der Waals surface area contributed by atoms with Crippen LogP contribution in [0, 0.1) is 13.8 Å². The van der Waals surface area contributed by atoms with Gasteiger partial charge < -0.3 is 0 Å². The Morgan fingerprint density at radius 2 is 1.42 bits per heavy atom. The number of para-hydroxylation sites is 1. The van der Waals surface area contributed by atoms with E-state index in [9.17, 15) is 0 Å². The molecular formula is C33H36N3+. The summed E-state index contributed by atoms with van der Waals surface area (Å²) < 4.78 is 4.86. The van der Waals surface area contributed by atoms with Crippen LogP contribution in [0.1, 0.15) is 61.8 Å². The SMILES string of the molecule is Cc1ccncc1-c1n(C)c2cccc(C)c2[n+]1-c1c(C(C)C)cc(-c2ccccc2)cc1C(C)C. The number of fused-ring (bicyclic) bond motifs is 1. The second-order valence-electron chi connectivity index (χ2n) is 10.5. The molecule has 5 aromatic rings. The van der Waals surface area contributed by atoms with Gasteiger partial charge in [0.05, 0.1) is 12.6 Å². The van der Waals surface area contributed by atoms with E-state index in [1.165, 1.54) is 55.9 Å². The Bertz CT molecular complexity index is 1530. The van der Waals surface area contributed by atoms with Gasteiger partial charge in [0.2, 0.25) is 0 Å². The average Bonchev–Trinajstić information content (AvgIpc) is 3.17. The van der Waals surface area contributed by atoms with E-state index in [1.54, 1.807) is 0 Å². The maximum Gasteiger partial charge on any atom is 0.296 e. The fraction of sp³-hybridized carbons (Fsp3) is 0.273. The summed E-state index contributed by atoms with van der Waals surface area (Å²) in [6, 6.07) is 24.3. The minimum Gasteiger partial charge on any atom is -0.264 e. The minimum atomic E-state index is 0.357. The number of aromatic nitrogens is 3. The second kappa shape index (κ2) is 9.39. The Labute approximate surface area is 215 Å². The van der Waals surface area contributed by atoms with Gasteiger partial charge >= 0.3 is 0 Å². The van der Waals surface area contributed by atoms with E-state index < -0.39 is 0 Å². The molecule has 0 fully saturated rings. The molecule has 0 N–H and O–H groups in total. The molecule has 0 saturated carbocycles. The van der Waals surface area contributed by atoms with Gasteiger partial charge in [-0.3, -0.25) is 4.98 Å².